The van der Waals surface area contributed by atoms with Crippen molar-refractivity contribution in [2.45, 2.75) is 6.92 Å². The summed E-state index contributed by atoms with van der Waals surface area (Å²) < 4.78 is 0. The molecule has 0 saturated carbocycles. The standard InChI is InChI=1S/C9H14N2OS/c1-7-3-6-13-8(7)9(12)11(2)5-4-10/h3,6H,4-5,10H2,1-2H3. The molecule has 0 spiro atoms. The lowest BCUT2D eigenvalue weighted by Crippen LogP contribution is -2.31. The van der Waals surface area contributed by atoms with E-state index in [4.69, 9.17) is 5.73 Å². The Balaban J connectivity index is 2.73. The summed E-state index contributed by atoms with van der Waals surface area (Å²) in [6.07, 6.45) is 0. The molecule has 0 fully saturated rings. The van der Waals surface area contributed by atoms with Gasteiger partial charge in [0.2, 0.25) is 0 Å². The van der Waals surface area contributed by atoms with Crippen LogP contribution in [-0.4, -0.2) is 30.9 Å². The number of carbonyl (C=O) groups excluding carboxylic acids is 1. The highest BCUT2D eigenvalue weighted by molar-refractivity contribution is 7.12. The molecule has 1 rings (SSSR count). The Morgan fingerprint density at radius 1 is 1.69 bits per heavy atom. The second kappa shape index (κ2) is 4.39. The number of nitrogens with zero attached hydrogens (tertiary/aromatic N) is 1. The van der Waals surface area contributed by atoms with Crippen LogP contribution in [0, 0.1) is 6.92 Å². The maximum atomic E-state index is 11.7. The molecule has 0 aromatic carbocycles. The van der Waals surface area contributed by atoms with Crippen LogP contribution in [0.2, 0.25) is 0 Å². The van der Waals surface area contributed by atoms with E-state index in [-0.39, 0.29) is 5.91 Å². The average molecular weight is 198 g/mol. The fourth-order valence-electron chi connectivity index (χ4n) is 1.06. The normalized spacial score (nSPS) is 10.1. The van der Waals surface area contributed by atoms with Gasteiger partial charge in [0.1, 0.15) is 0 Å². The topological polar surface area (TPSA) is 46.3 Å². The van der Waals surface area contributed by atoms with Crippen LogP contribution < -0.4 is 5.73 Å². The number of likely N-dealkylation sites (N-methyl/N-ethyl adjacent to an activating group) is 1. The number of thiophene rings is 1. The molecule has 0 aliphatic carbocycles. The van der Waals surface area contributed by atoms with Crippen molar-refractivity contribution < 1.29 is 4.79 Å². The Hall–Kier alpha value is -0.870. The van der Waals surface area contributed by atoms with E-state index in [9.17, 15) is 4.79 Å². The lowest BCUT2D eigenvalue weighted by atomic mass is 10.3. The number of nitrogens with two attached hydrogens (primary N) is 1. The number of rotatable bonds is 3. The summed E-state index contributed by atoms with van der Waals surface area (Å²) in [4.78, 5) is 14.2. The lowest BCUT2D eigenvalue weighted by molar-refractivity contribution is 0.0803. The van der Waals surface area contributed by atoms with Crippen molar-refractivity contribution in [1.29, 1.82) is 0 Å². The molecule has 72 valence electrons. The third-order valence-electron chi connectivity index (χ3n) is 1.87. The van der Waals surface area contributed by atoms with Crippen molar-refractivity contribution in [1.82, 2.24) is 4.90 Å². The van der Waals surface area contributed by atoms with Gasteiger partial charge in [-0.1, -0.05) is 0 Å². The summed E-state index contributed by atoms with van der Waals surface area (Å²) in [6, 6.07) is 1.95. The van der Waals surface area contributed by atoms with E-state index >= 15 is 0 Å². The number of aryl methyl sites for hydroxylation is 1. The van der Waals surface area contributed by atoms with Crippen molar-refractivity contribution in [3.63, 3.8) is 0 Å². The van der Waals surface area contributed by atoms with Crippen LogP contribution in [0.25, 0.3) is 0 Å². The van der Waals surface area contributed by atoms with Crippen LogP contribution in [0.1, 0.15) is 15.2 Å². The van der Waals surface area contributed by atoms with E-state index in [0.717, 1.165) is 10.4 Å². The molecule has 0 bridgehead atoms. The Morgan fingerprint density at radius 2 is 2.38 bits per heavy atom. The molecule has 0 aliphatic rings. The highest BCUT2D eigenvalue weighted by Crippen LogP contribution is 2.16. The van der Waals surface area contributed by atoms with Crippen LogP contribution in [-0.2, 0) is 0 Å². The molecule has 0 saturated heterocycles. The molecule has 1 aromatic heterocycles. The summed E-state index contributed by atoms with van der Waals surface area (Å²) in [5, 5.41) is 1.93. The predicted octanol–water partition coefficient (Wildman–Crippen LogP) is 1.09. The van der Waals surface area contributed by atoms with Gasteiger partial charge in [-0.2, -0.15) is 0 Å². The Bertz CT molecular complexity index is 296. The van der Waals surface area contributed by atoms with Crippen LogP contribution in [0.3, 0.4) is 0 Å². The monoisotopic (exact) mass is 198 g/mol. The fourth-order valence-corrected chi connectivity index (χ4v) is 1.98. The molecule has 0 aliphatic heterocycles. The Kier molecular flexibility index (Phi) is 3.45. The van der Waals surface area contributed by atoms with Crippen molar-refractivity contribution >= 4 is 17.2 Å². The van der Waals surface area contributed by atoms with Gasteiger partial charge in [-0.15, -0.1) is 11.3 Å². The second-order valence-electron chi connectivity index (χ2n) is 2.95. The molecular weight excluding hydrogens is 184 g/mol. The lowest BCUT2D eigenvalue weighted by Gasteiger charge is -2.15. The largest absolute Gasteiger partial charge is 0.340 e. The number of amides is 1. The number of hydrogen-bond donors (Lipinski definition) is 1. The van der Waals surface area contributed by atoms with Gasteiger partial charge in [-0.05, 0) is 23.9 Å². The molecule has 3 nitrogen and oxygen atoms in total. The van der Waals surface area contributed by atoms with Crippen molar-refractivity contribution in [3.8, 4) is 0 Å². The zero-order chi connectivity index (χ0) is 9.84. The summed E-state index contributed by atoms with van der Waals surface area (Å²) in [5.74, 6) is 0.0675. The van der Waals surface area contributed by atoms with Crippen LogP contribution in [0.15, 0.2) is 11.4 Å². The smallest absolute Gasteiger partial charge is 0.263 e. The summed E-state index contributed by atoms with van der Waals surface area (Å²) in [6.45, 7) is 3.06. The molecule has 13 heavy (non-hydrogen) atoms. The first-order chi connectivity index (χ1) is 6.16. The SMILES string of the molecule is Cc1ccsc1C(=O)N(C)CCN. The molecule has 2 N–H and O–H groups in total. The van der Waals surface area contributed by atoms with Gasteiger partial charge in [0.15, 0.2) is 0 Å². The van der Waals surface area contributed by atoms with Gasteiger partial charge in [-0.25, -0.2) is 0 Å². The molecule has 1 heterocycles. The minimum absolute atomic E-state index is 0.0675. The van der Waals surface area contributed by atoms with Gasteiger partial charge >= 0.3 is 0 Å². The first-order valence-corrected chi connectivity index (χ1v) is 5.04. The van der Waals surface area contributed by atoms with Gasteiger partial charge in [-0.3, -0.25) is 4.79 Å². The van der Waals surface area contributed by atoms with E-state index in [1.54, 1.807) is 11.9 Å². The van der Waals surface area contributed by atoms with Gasteiger partial charge in [0.25, 0.3) is 5.91 Å². The fraction of sp³-hybridized carbons (Fsp3) is 0.444. The molecule has 0 radical (unpaired) electrons. The maximum absolute atomic E-state index is 11.7. The highest BCUT2D eigenvalue weighted by atomic mass is 32.1. The van der Waals surface area contributed by atoms with Crippen LogP contribution in [0.4, 0.5) is 0 Å². The van der Waals surface area contributed by atoms with E-state index < -0.39 is 0 Å². The Labute approximate surface area is 82.2 Å². The molecule has 1 amide bonds. The molecule has 0 unspecified atom stereocenters. The van der Waals surface area contributed by atoms with Crippen molar-refractivity contribution in [2.24, 2.45) is 5.73 Å². The molecule has 1 aromatic rings. The molecular formula is C9H14N2OS. The van der Waals surface area contributed by atoms with Gasteiger partial charge in [0.05, 0.1) is 4.88 Å². The molecule has 0 atom stereocenters. The summed E-state index contributed by atoms with van der Waals surface area (Å²) in [7, 11) is 1.77. The maximum Gasteiger partial charge on any atom is 0.263 e. The van der Waals surface area contributed by atoms with Gasteiger partial charge < -0.3 is 10.6 Å². The average Bonchev–Trinajstić information content (AvgIpc) is 2.50. The summed E-state index contributed by atoms with van der Waals surface area (Å²) >= 11 is 1.48. The highest BCUT2D eigenvalue weighted by Gasteiger charge is 2.13. The Morgan fingerprint density at radius 3 is 2.85 bits per heavy atom. The number of hydrogen-bond acceptors (Lipinski definition) is 3. The predicted molar refractivity (Wildman–Crippen MR) is 55.1 cm³/mol. The minimum atomic E-state index is 0.0675. The third-order valence-corrected chi connectivity index (χ3v) is 2.87. The zero-order valence-electron chi connectivity index (χ0n) is 7.91. The number of carbonyl (C=O) groups is 1. The first-order valence-electron chi connectivity index (χ1n) is 4.16. The van der Waals surface area contributed by atoms with E-state index in [2.05, 4.69) is 0 Å². The second-order valence-corrected chi connectivity index (χ2v) is 3.86. The van der Waals surface area contributed by atoms with Crippen LogP contribution in [0.5, 0.6) is 0 Å². The van der Waals surface area contributed by atoms with Crippen LogP contribution >= 0.6 is 11.3 Å². The molecule has 4 heteroatoms. The van der Waals surface area contributed by atoms with E-state index in [1.807, 2.05) is 18.4 Å². The van der Waals surface area contributed by atoms with Crippen molar-refractivity contribution in [3.05, 3.63) is 21.9 Å². The summed E-state index contributed by atoms with van der Waals surface area (Å²) in [5.41, 5.74) is 6.41. The van der Waals surface area contributed by atoms with E-state index in [0.29, 0.717) is 13.1 Å². The quantitative estimate of drug-likeness (QED) is 0.790. The zero-order valence-corrected chi connectivity index (χ0v) is 8.73. The van der Waals surface area contributed by atoms with Gasteiger partial charge in [0, 0.05) is 20.1 Å². The minimum Gasteiger partial charge on any atom is -0.340 e. The van der Waals surface area contributed by atoms with E-state index in [1.165, 1.54) is 11.3 Å². The first kappa shape index (κ1) is 10.2. The van der Waals surface area contributed by atoms with Crippen molar-refractivity contribution in [2.75, 3.05) is 20.1 Å². The third kappa shape index (κ3) is 2.29.